The van der Waals surface area contributed by atoms with Crippen molar-refractivity contribution in [3.63, 3.8) is 0 Å². The van der Waals surface area contributed by atoms with Gasteiger partial charge in [-0.1, -0.05) is 36.4 Å². The van der Waals surface area contributed by atoms with Crippen LogP contribution in [0, 0.1) is 23.5 Å². The fourth-order valence-electron chi connectivity index (χ4n) is 6.01. The van der Waals surface area contributed by atoms with E-state index in [0.717, 1.165) is 0 Å². The van der Waals surface area contributed by atoms with E-state index >= 15 is 0 Å². The minimum atomic E-state index is -0.442. The molecule has 10 nitrogen and oxygen atoms in total. The maximum absolute atomic E-state index is 14.9. The lowest BCUT2D eigenvalue weighted by Gasteiger charge is -2.25. The number of hydrogen-bond donors (Lipinski definition) is 1. The minimum Gasteiger partial charge on any atom is -0.491 e. The van der Waals surface area contributed by atoms with Crippen LogP contribution in [0.1, 0.15) is 31.2 Å². The van der Waals surface area contributed by atoms with Crippen LogP contribution in [0.3, 0.4) is 0 Å². The molecule has 1 N–H and O–H groups in total. The molecular weight excluding hydrogens is 702 g/mol. The molecule has 1 saturated carbocycles. The summed E-state index contributed by atoms with van der Waals surface area (Å²) < 4.78 is 67.5. The Morgan fingerprint density at radius 2 is 1.07 bits per heavy atom. The SMILES string of the molecule is COCCOCCOc1ccc(-c2ccc(OC(=O)[C@H]3CC[C@H](C(=O)Oc4ccc(-c5ccc(COCCOCCO)cc5F)cc4)CC3)cc2)c(F)c1. The Labute approximate surface area is 313 Å². The number of carbonyl (C=O) groups excluding carboxylic acids is 2. The second-order valence-electron chi connectivity index (χ2n) is 12.7. The molecule has 4 aromatic carbocycles. The van der Waals surface area contributed by atoms with E-state index in [9.17, 15) is 18.4 Å². The number of aliphatic hydroxyl groups is 1. The van der Waals surface area contributed by atoms with Crippen LogP contribution in [-0.2, 0) is 35.1 Å². The van der Waals surface area contributed by atoms with Crippen molar-refractivity contribution in [1.29, 1.82) is 0 Å². The summed E-state index contributed by atoms with van der Waals surface area (Å²) in [5.41, 5.74) is 2.73. The van der Waals surface area contributed by atoms with E-state index in [1.807, 2.05) is 0 Å². The van der Waals surface area contributed by atoms with Gasteiger partial charge in [0.1, 0.15) is 35.5 Å². The van der Waals surface area contributed by atoms with Gasteiger partial charge in [0, 0.05) is 24.3 Å². The molecule has 0 aliphatic heterocycles. The van der Waals surface area contributed by atoms with Gasteiger partial charge in [0.25, 0.3) is 0 Å². The zero-order valence-electron chi connectivity index (χ0n) is 30.3. The van der Waals surface area contributed by atoms with Gasteiger partial charge >= 0.3 is 11.9 Å². The van der Waals surface area contributed by atoms with Crippen LogP contribution in [0.2, 0.25) is 0 Å². The zero-order valence-corrected chi connectivity index (χ0v) is 30.3. The molecule has 288 valence electrons. The predicted octanol–water partition coefficient (Wildman–Crippen LogP) is 7.18. The monoisotopic (exact) mass is 748 g/mol. The highest BCUT2D eigenvalue weighted by Crippen LogP contribution is 2.33. The molecule has 4 aromatic rings. The molecule has 0 saturated heterocycles. The number of carbonyl (C=O) groups is 2. The number of hydrogen-bond acceptors (Lipinski definition) is 10. The largest absolute Gasteiger partial charge is 0.491 e. The van der Waals surface area contributed by atoms with Gasteiger partial charge in [0.2, 0.25) is 0 Å². The average Bonchev–Trinajstić information content (AvgIpc) is 3.18. The van der Waals surface area contributed by atoms with Gasteiger partial charge < -0.3 is 38.3 Å². The van der Waals surface area contributed by atoms with Crippen LogP contribution in [0.15, 0.2) is 84.9 Å². The number of benzene rings is 4. The van der Waals surface area contributed by atoms with Crippen molar-refractivity contribution < 1.29 is 56.6 Å². The second-order valence-corrected chi connectivity index (χ2v) is 12.7. The molecule has 0 heterocycles. The van der Waals surface area contributed by atoms with Gasteiger partial charge in [-0.2, -0.15) is 0 Å². The lowest BCUT2D eigenvalue weighted by atomic mass is 9.82. The van der Waals surface area contributed by atoms with Crippen molar-refractivity contribution in [3.05, 3.63) is 102 Å². The highest BCUT2D eigenvalue weighted by Gasteiger charge is 2.32. The number of ether oxygens (including phenoxy) is 7. The van der Waals surface area contributed by atoms with E-state index in [0.29, 0.717) is 104 Å². The predicted molar refractivity (Wildman–Crippen MR) is 196 cm³/mol. The van der Waals surface area contributed by atoms with Crippen molar-refractivity contribution in [2.24, 2.45) is 11.8 Å². The molecular formula is C42H46F2O10. The van der Waals surface area contributed by atoms with Gasteiger partial charge in [-0.15, -0.1) is 0 Å². The first-order valence-electron chi connectivity index (χ1n) is 18.0. The van der Waals surface area contributed by atoms with Crippen LogP contribution in [0.5, 0.6) is 17.2 Å². The molecule has 0 bridgehead atoms. The summed E-state index contributed by atoms with van der Waals surface area (Å²) in [6.07, 6.45) is 1.91. The lowest BCUT2D eigenvalue weighted by molar-refractivity contribution is -0.145. The third-order valence-electron chi connectivity index (χ3n) is 8.94. The molecule has 12 heteroatoms. The maximum atomic E-state index is 14.9. The summed E-state index contributed by atoms with van der Waals surface area (Å²) in [6.45, 7) is 2.71. The van der Waals surface area contributed by atoms with E-state index in [2.05, 4.69) is 0 Å². The molecule has 0 amide bonds. The summed E-state index contributed by atoms with van der Waals surface area (Å²) in [5, 5.41) is 8.72. The molecule has 0 spiro atoms. The molecule has 0 atom stereocenters. The highest BCUT2D eigenvalue weighted by molar-refractivity contribution is 5.78. The molecule has 0 aromatic heterocycles. The number of halogens is 2. The van der Waals surface area contributed by atoms with Crippen molar-refractivity contribution in [1.82, 2.24) is 0 Å². The Bertz CT molecular complexity index is 1640. The molecule has 5 rings (SSSR count). The van der Waals surface area contributed by atoms with Crippen LogP contribution >= 0.6 is 0 Å². The molecule has 1 aliphatic rings. The first kappa shape index (κ1) is 40.5. The summed E-state index contributed by atoms with van der Waals surface area (Å²) >= 11 is 0. The number of methoxy groups -OCH3 is 1. The second kappa shape index (κ2) is 21.2. The fraction of sp³-hybridized carbons (Fsp3) is 0.381. The summed E-state index contributed by atoms with van der Waals surface area (Å²) in [5.74, 6) is -1.21. The van der Waals surface area contributed by atoms with Crippen molar-refractivity contribution in [2.45, 2.75) is 32.3 Å². The molecule has 1 aliphatic carbocycles. The maximum Gasteiger partial charge on any atom is 0.314 e. The summed E-state index contributed by atoms with van der Waals surface area (Å²) in [4.78, 5) is 25.9. The fourth-order valence-corrected chi connectivity index (χ4v) is 6.01. The Morgan fingerprint density at radius 1 is 0.593 bits per heavy atom. The van der Waals surface area contributed by atoms with Crippen molar-refractivity contribution in [3.8, 4) is 39.5 Å². The standard InChI is InChI=1S/C42H46F2O10/c1-48-20-21-50-24-25-52-36-15-17-38(40(44)27-36)31-9-13-35(14-10-31)54-42(47)33-5-3-32(4-6-33)41(46)53-34-11-7-30(8-12-34)37-16-2-29(26-39(37)43)28-51-23-22-49-19-18-45/h2,7-17,26-27,32-33,45H,3-6,18-25,28H2,1H3/t32-,33-. The minimum absolute atomic E-state index is 0.0498. The summed E-state index contributed by atoms with van der Waals surface area (Å²) in [6, 6.07) is 22.8. The number of esters is 2. The normalized spacial score (nSPS) is 15.5. The Hall–Kier alpha value is -4.72. The third kappa shape index (κ3) is 12.2. The number of aliphatic hydroxyl groups excluding tert-OH is 1. The first-order chi connectivity index (χ1) is 26.3. The Kier molecular flexibility index (Phi) is 15.9. The average molecular weight is 749 g/mol. The van der Waals surface area contributed by atoms with Crippen LogP contribution < -0.4 is 14.2 Å². The van der Waals surface area contributed by atoms with Gasteiger partial charge in [-0.05, 0) is 84.8 Å². The first-order valence-corrected chi connectivity index (χ1v) is 18.0. The van der Waals surface area contributed by atoms with Crippen LogP contribution in [0.25, 0.3) is 22.3 Å². The van der Waals surface area contributed by atoms with Crippen molar-refractivity contribution >= 4 is 11.9 Å². The van der Waals surface area contributed by atoms with Gasteiger partial charge in [-0.25, -0.2) is 8.78 Å². The number of rotatable bonds is 20. The molecule has 1 fully saturated rings. The topological polar surface area (TPSA) is 119 Å². The summed E-state index contributed by atoms with van der Waals surface area (Å²) in [7, 11) is 1.60. The third-order valence-corrected chi connectivity index (χ3v) is 8.94. The van der Waals surface area contributed by atoms with Gasteiger partial charge in [0.05, 0.1) is 64.7 Å². The lowest BCUT2D eigenvalue weighted by Crippen LogP contribution is -2.30. The Morgan fingerprint density at radius 3 is 1.61 bits per heavy atom. The van der Waals surface area contributed by atoms with Crippen LogP contribution in [0.4, 0.5) is 8.78 Å². The van der Waals surface area contributed by atoms with E-state index in [1.165, 1.54) is 12.1 Å². The Balaban J connectivity index is 1.03. The molecule has 54 heavy (non-hydrogen) atoms. The highest BCUT2D eigenvalue weighted by atomic mass is 19.1. The molecule has 0 radical (unpaired) electrons. The van der Waals surface area contributed by atoms with Gasteiger partial charge in [-0.3, -0.25) is 9.59 Å². The van der Waals surface area contributed by atoms with E-state index in [1.54, 1.807) is 79.9 Å². The van der Waals surface area contributed by atoms with E-state index < -0.39 is 11.6 Å². The zero-order chi connectivity index (χ0) is 38.1. The quantitative estimate of drug-likeness (QED) is 0.0566. The molecule has 0 unspecified atom stereocenters. The van der Waals surface area contributed by atoms with Crippen molar-refractivity contribution in [2.75, 3.05) is 60.0 Å². The van der Waals surface area contributed by atoms with Gasteiger partial charge in [0.15, 0.2) is 0 Å². The van der Waals surface area contributed by atoms with Crippen LogP contribution in [-0.4, -0.2) is 77.0 Å². The smallest absolute Gasteiger partial charge is 0.314 e. The van der Waals surface area contributed by atoms with E-state index in [-0.39, 0.29) is 50.2 Å². The van der Waals surface area contributed by atoms with E-state index in [4.69, 9.17) is 38.3 Å².